The van der Waals surface area contributed by atoms with Crippen molar-refractivity contribution in [2.45, 2.75) is 0 Å². The minimum Gasteiger partial charge on any atom is -0.396 e. The summed E-state index contributed by atoms with van der Waals surface area (Å²) in [6.45, 7) is 0. The third-order valence-electron chi connectivity index (χ3n) is 2.42. The number of nitrogens with two attached hydrogens (primary N) is 1. The predicted molar refractivity (Wildman–Crippen MR) is 68.4 cm³/mol. The van der Waals surface area contributed by atoms with Crippen LogP contribution < -0.4 is 5.73 Å². The number of ketones is 1. The first-order valence-electron chi connectivity index (χ1n) is 4.94. The first-order chi connectivity index (χ1) is 8.11. The lowest BCUT2D eigenvalue weighted by atomic mass is 10.0. The topological polar surface area (TPSA) is 43.1 Å². The Balaban J connectivity index is 2.52. The second-order valence-electron chi connectivity index (χ2n) is 3.51. The van der Waals surface area contributed by atoms with Gasteiger partial charge in [0.15, 0.2) is 5.78 Å². The first-order valence-corrected chi connectivity index (χ1v) is 5.74. The lowest BCUT2D eigenvalue weighted by Gasteiger charge is -2.06. The van der Waals surface area contributed by atoms with Gasteiger partial charge in [0.25, 0.3) is 0 Å². The third kappa shape index (κ3) is 2.22. The van der Waals surface area contributed by atoms with Crippen LogP contribution in [0.3, 0.4) is 0 Å². The molecule has 0 aliphatic rings. The summed E-state index contributed by atoms with van der Waals surface area (Å²) in [6.07, 6.45) is 0. The number of hydrogen-bond acceptors (Lipinski definition) is 2. The van der Waals surface area contributed by atoms with Gasteiger partial charge in [-0.25, -0.2) is 4.39 Å². The molecular formula is C13H9BrFNO. The van der Waals surface area contributed by atoms with Crippen molar-refractivity contribution in [2.75, 3.05) is 5.73 Å². The van der Waals surface area contributed by atoms with Crippen LogP contribution in [0, 0.1) is 5.82 Å². The van der Waals surface area contributed by atoms with Crippen LogP contribution in [-0.2, 0) is 0 Å². The zero-order valence-electron chi connectivity index (χ0n) is 8.78. The van der Waals surface area contributed by atoms with Crippen LogP contribution in [0.1, 0.15) is 15.9 Å². The number of rotatable bonds is 2. The second kappa shape index (κ2) is 4.67. The van der Waals surface area contributed by atoms with Gasteiger partial charge in [-0.05, 0) is 24.3 Å². The molecule has 0 amide bonds. The molecule has 0 fully saturated rings. The Morgan fingerprint density at radius 1 is 1.06 bits per heavy atom. The van der Waals surface area contributed by atoms with Gasteiger partial charge in [0.05, 0.1) is 5.69 Å². The van der Waals surface area contributed by atoms with Crippen LogP contribution >= 0.6 is 15.9 Å². The highest BCUT2D eigenvalue weighted by Crippen LogP contribution is 2.23. The van der Waals surface area contributed by atoms with Crippen molar-refractivity contribution in [3.05, 3.63) is 63.9 Å². The Morgan fingerprint density at radius 3 is 2.41 bits per heavy atom. The summed E-state index contributed by atoms with van der Waals surface area (Å²) >= 11 is 3.28. The zero-order chi connectivity index (χ0) is 12.4. The molecule has 0 heterocycles. The number of carbonyl (C=O) groups is 1. The van der Waals surface area contributed by atoms with E-state index in [2.05, 4.69) is 15.9 Å². The highest BCUT2D eigenvalue weighted by atomic mass is 79.9. The van der Waals surface area contributed by atoms with Crippen molar-refractivity contribution < 1.29 is 9.18 Å². The first kappa shape index (κ1) is 11.8. The van der Waals surface area contributed by atoms with Crippen molar-refractivity contribution in [3.8, 4) is 0 Å². The van der Waals surface area contributed by atoms with Gasteiger partial charge in [0.1, 0.15) is 5.82 Å². The Kier molecular flexibility index (Phi) is 3.24. The normalized spacial score (nSPS) is 10.2. The average molecular weight is 294 g/mol. The lowest BCUT2D eigenvalue weighted by molar-refractivity contribution is 0.103. The van der Waals surface area contributed by atoms with Crippen molar-refractivity contribution >= 4 is 27.4 Å². The molecule has 0 aliphatic carbocycles. The number of para-hydroxylation sites is 1. The molecule has 2 nitrogen and oxygen atoms in total. The third-order valence-corrected chi connectivity index (χ3v) is 3.11. The summed E-state index contributed by atoms with van der Waals surface area (Å²) in [7, 11) is 0. The van der Waals surface area contributed by atoms with Gasteiger partial charge in [-0.1, -0.05) is 34.1 Å². The summed E-state index contributed by atoms with van der Waals surface area (Å²) < 4.78 is 13.9. The Morgan fingerprint density at radius 2 is 1.71 bits per heavy atom. The van der Waals surface area contributed by atoms with E-state index in [1.165, 1.54) is 18.2 Å². The van der Waals surface area contributed by atoms with Crippen molar-refractivity contribution in [1.82, 2.24) is 0 Å². The molecule has 0 saturated heterocycles. The van der Waals surface area contributed by atoms with Crippen molar-refractivity contribution in [1.29, 1.82) is 0 Å². The molecule has 0 radical (unpaired) electrons. The molecule has 0 unspecified atom stereocenters. The zero-order valence-corrected chi connectivity index (χ0v) is 10.4. The number of nitrogen functional groups attached to an aromatic ring is 1. The van der Waals surface area contributed by atoms with Gasteiger partial charge < -0.3 is 5.73 Å². The standard InChI is InChI=1S/C13H9BrFNO/c14-10-6-2-1-4-8(10)13(17)9-5-3-7-11(15)12(9)16/h1-7H,16H2. The van der Waals surface area contributed by atoms with E-state index in [0.29, 0.717) is 10.0 Å². The van der Waals surface area contributed by atoms with E-state index in [-0.39, 0.29) is 17.0 Å². The Labute approximate surface area is 106 Å². The minimum atomic E-state index is -0.581. The molecule has 0 saturated carbocycles. The Hall–Kier alpha value is -1.68. The van der Waals surface area contributed by atoms with E-state index >= 15 is 0 Å². The average Bonchev–Trinajstić information content (AvgIpc) is 2.32. The van der Waals surface area contributed by atoms with E-state index in [9.17, 15) is 9.18 Å². The summed E-state index contributed by atoms with van der Waals surface area (Å²) in [5.74, 6) is -0.877. The van der Waals surface area contributed by atoms with Crippen LogP contribution in [0.2, 0.25) is 0 Å². The van der Waals surface area contributed by atoms with Gasteiger partial charge in [0.2, 0.25) is 0 Å². The molecule has 0 spiro atoms. The van der Waals surface area contributed by atoms with E-state index in [0.717, 1.165) is 0 Å². The fourth-order valence-electron chi connectivity index (χ4n) is 1.53. The number of carbonyl (C=O) groups excluding carboxylic acids is 1. The number of halogens is 2. The summed E-state index contributed by atoms with van der Waals surface area (Å²) in [5, 5.41) is 0. The molecule has 4 heteroatoms. The monoisotopic (exact) mass is 293 g/mol. The van der Waals surface area contributed by atoms with Crippen LogP contribution in [0.4, 0.5) is 10.1 Å². The summed E-state index contributed by atoms with van der Waals surface area (Å²) in [6, 6.07) is 11.2. The number of anilines is 1. The summed E-state index contributed by atoms with van der Waals surface area (Å²) in [4.78, 5) is 12.2. The fraction of sp³-hybridized carbons (Fsp3) is 0. The molecule has 86 valence electrons. The van der Waals surface area contributed by atoms with Crippen LogP contribution in [-0.4, -0.2) is 5.78 Å². The second-order valence-corrected chi connectivity index (χ2v) is 4.36. The smallest absolute Gasteiger partial charge is 0.196 e. The minimum absolute atomic E-state index is 0.117. The van der Waals surface area contributed by atoms with Crippen LogP contribution in [0.15, 0.2) is 46.9 Å². The molecule has 2 rings (SSSR count). The highest BCUT2D eigenvalue weighted by molar-refractivity contribution is 9.10. The molecule has 2 aromatic carbocycles. The van der Waals surface area contributed by atoms with Gasteiger partial charge >= 0.3 is 0 Å². The van der Waals surface area contributed by atoms with E-state index in [1.54, 1.807) is 24.3 Å². The molecule has 17 heavy (non-hydrogen) atoms. The van der Waals surface area contributed by atoms with Crippen LogP contribution in [0.25, 0.3) is 0 Å². The molecule has 0 atom stereocenters. The SMILES string of the molecule is Nc1c(F)cccc1C(=O)c1ccccc1Br. The van der Waals surface area contributed by atoms with E-state index in [1.807, 2.05) is 0 Å². The lowest BCUT2D eigenvalue weighted by Crippen LogP contribution is -2.07. The van der Waals surface area contributed by atoms with Crippen molar-refractivity contribution in [3.63, 3.8) is 0 Å². The van der Waals surface area contributed by atoms with E-state index in [4.69, 9.17) is 5.73 Å². The molecule has 2 N–H and O–H groups in total. The molecule has 0 bridgehead atoms. The number of hydrogen-bond donors (Lipinski definition) is 1. The van der Waals surface area contributed by atoms with Crippen LogP contribution in [0.5, 0.6) is 0 Å². The highest BCUT2D eigenvalue weighted by Gasteiger charge is 2.16. The van der Waals surface area contributed by atoms with Gasteiger partial charge in [0, 0.05) is 15.6 Å². The molecule has 2 aromatic rings. The van der Waals surface area contributed by atoms with Gasteiger partial charge in [-0.3, -0.25) is 4.79 Å². The maximum Gasteiger partial charge on any atom is 0.196 e. The predicted octanol–water partition coefficient (Wildman–Crippen LogP) is 3.40. The molecule has 0 aliphatic heterocycles. The number of benzene rings is 2. The Bertz CT molecular complexity index is 583. The fourth-order valence-corrected chi connectivity index (χ4v) is 1.99. The maximum absolute atomic E-state index is 13.3. The maximum atomic E-state index is 13.3. The quantitative estimate of drug-likeness (QED) is 0.681. The summed E-state index contributed by atoms with van der Waals surface area (Å²) in [5.41, 5.74) is 6.08. The largest absolute Gasteiger partial charge is 0.396 e. The molecular weight excluding hydrogens is 285 g/mol. The van der Waals surface area contributed by atoms with Crippen molar-refractivity contribution in [2.24, 2.45) is 0 Å². The van der Waals surface area contributed by atoms with Gasteiger partial charge in [-0.2, -0.15) is 0 Å². The molecule has 0 aromatic heterocycles. The van der Waals surface area contributed by atoms with E-state index < -0.39 is 5.82 Å². The van der Waals surface area contributed by atoms with Gasteiger partial charge in [-0.15, -0.1) is 0 Å².